The van der Waals surface area contributed by atoms with Crippen LogP contribution in [0.1, 0.15) is 13.8 Å². The molecule has 0 amide bonds. The largest absolute Gasteiger partial charge is 0.327 e. The molecule has 0 aromatic heterocycles. The molecule has 76 valence electrons. The van der Waals surface area contributed by atoms with E-state index in [2.05, 4.69) is 37.1 Å². The van der Waals surface area contributed by atoms with Gasteiger partial charge in [0.1, 0.15) is 0 Å². The lowest BCUT2D eigenvalue weighted by Crippen LogP contribution is -2.45. The predicted octanol–water partition coefficient (Wildman–Crippen LogP) is 1.33. The zero-order valence-corrected chi connectivity index (χ0v) is 9.44. The van der Waals surface area contributed by atoms with Crippen molar-refractivity contribution in [1.82, 2.24) is 4.90 Å². The smallest absolute Gasteiger partial charge is 0.0206 e. The van der Waals surface area contributed by atoms with Crippen molar-refractivity contribution in [2.45, 2.75) is 25.1 Å². The molecular weight excluding hydrogens is 180 g/mol. The second-order valence-electron chi connectivity index (χ2n) is 3.74. The summed E-state index contributed by atoms with van der Waals surface area (Å²) in [6.45, 7) is 11.3. The summed E-state index contributed by atoms with van der Waals surface area (Å²) in [4.78, 5) is 2.48. The summed E-state index contributed by atoms with van der Waals surface area (Å²) in [5, 5.41) is 0.735. The van der Waals surface area contributed by atoms with E-state index in [1.807, 2.05) is 0 Å². The molecule has 0 spiro atoms. The number of nitrogens with zero attached hydrogens (tertiary/aromatic N) is 1. The Hall–Kier alpha value is 0.0100. The van der Waals surface area contributed by atoms with Crippen LogP contribution in [-0.4, -0.2) is 41.6 Å². The lowest BCUT2D eigenvalue weighted by atomic mass is 10.1. The Morgan fingerprint density at radius 3 is 2.92 bits per heavy atom. The minimum absolute atomic E-state index is 0.616. The molecule has 1 saturated heterocycles. The minimum atomic E-state index is 0.616. The molecule has 0 bridgehead atoms. The second-order valence-corrected chi connectivity index (χ2v) is 5.23. The highest BCUT2D eigenvalue weighted by Crippen LogP contribution is 2.24. The molecule has 1 fully saturated rings. The van der Waals surface area contributed by atoms with E-state index in [-0.39, 0.29) is 0 Å². The first-order valence-corrected chi connectivity index (χ1v) is 5.92. The Labute approximate surface area is 85.6 Å². The minimum Gasteiger partial charge on any atom is -0.327 e. The number of rotatable bonds is 3. The lowest BCUT2D eigenvalue weighted by Gasteiger charge is -2.37. The predicted molar refractivity (Wildman–Crippen MR) is 61.1 cm³/mol. The van der Waals surface area contributed by atoms with Crippen LogP contribution in [0.25, 0.3) is 0 Å². The van der Waals surface area contributed by atoms with Gasteiger partial charge < -0.3 is 5.73 Å². The topological polar surface area (TPSA) is 29.3 Å². The van der Waals surface area contributed by atoms with Gasteiger partial charge in [-0.15, -0.1) is 0 Å². The molecule has 2 atom stereocenters. The van der Waals surface area contributed by atoms with Gasteiger partial charge in [-0.3, -0.25) is 4.90 Å². The van der Waals surface area contributed by atoms with Crippen LogP contribution >= 0.6 is 11.8 Å². The molecule has 2 N–H and O–H groups in total. The number of hydrogen-bond donors (Lipinski definition) is 1. The number of nitrogens with two attached hydrogens (primary N) is 1. The van der Waals surface area contributed by atoms with E-state index in [9.17, 15) is 0 Å². The van der Waals surface area contributed by atoms with Crippen LogP contribution in [0.4, 0.5) is 0 Å². The monoisotopic (exact) mass is 200 g/mol. The van der Waals surface area contributed by atoms with Crippen molar-refractivity contribution in [2.75, 3.05) is 25.4 Å². The molecular formula is C10H20N2S. The van der Waals surface area contributed by atoms with Gasteiger partial charge in [-0.2, -0.15) is 11.8 Å². The van der Waals surface area contributed by atoms with Gasteiger partial charge in [-0.1, -0.05) is 13.5 Å². The van der Waals surface area contributed by atoms with Crippen LogP contribution in [-0.2, 0) is 0 Å². The highest BCUT2D eigenvalue weighted by Gasteiger charge is 2.24. The molecule has 2 unspecified atom stereocenters. The quantitative estimate of drug-likeness (QED) is 0.697. The van der Waals surface area contributed by atoms with Gasteiger partial charge in [-0.25, -0.2) is 0 Å². The zero-order valence-electron chi connectivity index (χ0n) is 8.62. The van der Waals surface area contributed by atoms with Crippen molar-refractivity contribution in [3.05, 3.63) is 12.2 Å². The van der Waals surface area contributed by atoms with Crippen LogP contribution in [0.3, 0.4) is 0 Å². The molecule has 0 aliphatic carbocycles. The van der Waals surface area contributed by atoms with E-state index < -0.39 is 0 Å². The molecule has 2 nitrogen and oxygen atoms in total. The molecule has 3 heteroatoms. The van der Waals surface area contributed by atoms with E-state index in [4.69, 9.17) is 5.73 Å². The van der Waals surface area contributed by atoms with Gasteiger partial charge in [0.05, 0.1) is 0 Å². The summed E-state index contributed by atoms with van der Waals surface area (Å²) in [5.41, 5.74) is 6.68. The maximum atomic E-state index is 5.54. The van der Waals surface area contributed by atoms with Gasteiger partial charge in [0.2, 0.25) is 0 Å². The van der Waals surface area contributed by atoms with Gasteiger partial charge in [-0.05, 0) is 12.5 Å². The fourth-order valence-corrected chi connectivity index (χ4v) is 2.73. The summed E-state index contributed by atoms with van der Waals surface area (Å²) in [7, 11) is 0. The fourth-order valence-electron chi connectivity index (χ4n) is 1.57. The number of hydrogen-bond acceptors (Lipinski definition) is 3. The molecule has 0 radical (unpaired) electrons. The average molecular weight is 200 g/mol. The van der Waals surface area contributed by atoms with Gasteiger partial charge in [0.15, 0.2) is 0 Å². The van der Waals surface area contributed by atoms with Crippen LogP contribution in [0.15, 0.2) is 12.2 Å². The van der Waals surface area contributed by atoms with E-state index in [0.29, 0.717) is 12.6 Å². The summed E-state index contributed by atoms with van der Waals surface area (Å²) in [6.07, 6.45) is 0. The molecule has 1 rings (SSSR count). The summed E-state index contributed by atoms with van der Waals surface area (Å²) in [5.74, 6) is 1.24. The molecule has 1 aliphatic heterocycles. The standard InChI is InChI=1S/C10H20N2S/c1-8(6-11)7-12-4-5-13-10(3)9(12)2/h9-10H,1,4-7,11H2,2-3H3. The first kappa shape index (κ1) is 11.1. The molecule has 0 saturated carbocycles. The lowest BCUT2D eigenvalue weighted by molar-refractivity contribution is 0.231. The van der Waals surface area contributed by atoms with Crippen LogP contribution in [0.2, 0.25) is 0 Å². The Balaban J connectivity index is 2.43. The van der Waals surface area contributed by atoms with E-state index in [1.54, 1.807) is 0 Å². The number of thioether (sulfide) groups is 1. The molecule has 0 aromatic rings. The van der Waals surface area contributed by atoms with Gasteiger partial charge in [0, 0.05) is 36.7 Å². The van der Waals surface area contributed by atoms with Crippen molar-refractivity contribution < 1.29 is 0 Å². The maximum absolute atomic E-state index is 5.54. The zero-order chi connectivity index (χ0) is 9.84. The Morgan fingerprint density at radius 1 is 1.62 bits per heavy atom. The highest BCUT2D eigenvalue weighted by molar-refractivity contribution is 8.00. The Kier molecular flexibility index (Phi) is 4.29. The third-order valence-electron chi connectivity index (χ3n) is 2.73. The van der Waals surface area contributed by atoms with E-state index in [0.717, 1.165) is 17.4 Å². The molecule has 0 aromatic carbocycles. The van der Waals surface area contributed by atoms with Crippen LogP contribution < -0.4 is 5.73 Å². The van der Waals surface area contributed by atoms with E-state index >= 15 is 0 Å². The third kappa shape index (κ3) is 3.01. The van der Waals surface area contributed by atoms with Gasteiger partial charge >= 0.3 is 0 Å². The average Bonchev–Trinajstić information content (AvgIpc) is 2.13. The first-order valence-electron chi connectivity index (χ1n) is 4.87. The van der Waals surface area contributed by atoms with Crippen LogP contribution in [0.5, 0.6) is 0 Å². The molecule has 1 aliphatic rings. The van der Waals surface area contributed by atoms with Crippen molar-refractivity contribution >= 4 is 11.8 Å². The molecule has 13 heavy (non-hydrogen) atoms. The van der Waals surface area contributed by atoms with Crippen molar-refractivity contribution in [3.8, 4) is 0 Å². The van der Waals surface area contributed by atoms with Crippen LogP contribution in [0, 0.1) is 0 Å². The summed E-state index contributed by atoms with van der Waals surface area (Å²) < 4.78 is 0. The van der Waals surface area contributed by atoms with Gasteiger partial charge in [0.25, 0.3) is 0 Å². The summed E-state index contributed by atoms with van der Waals surface area (Å²) >= 11 is 2.06. The normalized spacial score (nSPS) is 30.4. The van der Waals surface area contributed by atoms with Crippen molar-refractivity contribution in [3.63, 3.8) is 0 Å². The first-order chi connectivity index (χ1) is 6.15. The molecule has 1 heterocycles. The van der Waals surface area contributed by atoms with E-state index in [1.165, 1.54) is 12.3 Å². The highest BCUT2D eigenvalue weighted by atomic mass is 32.2. The summed E-state index contributed by atoms with van der Waals surface area (Å²) in [6, 6.07) is 0.655. The second kappa shape index (κ2) is 5.03. The van der Waals surface area contributed by atoms with Crippen molar-refractivity contribution in [1.29, 1.82) is 0 Å². The Bertz CT molecular complexity index is 182. The Morgan fingerprint density at radius 2 is 2.31 bits per heavy atom. The maximum Gasteiger partial charge on any atom is 0.0206 e. The fraction of sp³-hybridized carbons (Fsp3) is 0.800. The third-order valence-corrected chi connectivity index (χ3v) is 4.07. The SMILES string of the molecule is C=C(CN)CN1CCSC(C)C1C. The van der Waals surface area contributed by atoms with Crippen molar-refractivity contribution in [2.24, 2.45) is 5.73 Å².